The molecule has 0 unspecified atom stereocenters. The van der Waals surface area contributed by atoms with Crippen molar-refractivity contribution >= 4 is 17.4 Å². The van der Waals surface area contributed by atoms with Crippen molar-refractivity contribution in [3.63, 3.8) is 0 Å². The third-order valence-corrected chi connectivity index (χ3v) is 6.90. The molecule has 32 heavy (non-hydrogen) atoms. The van der Waals surface area contributed by atoms with Crippen LogP contribution in [0.25, 0.3) is 5.69 Å². The number of nitrogens with one attached hydrogen (secondary N) is 2. The van der Waals surface area contributed by atoms with Crippen LogP contribution in [0, 0.1) is 13.8 Å². The fourth-order valence-corrected chi connectivity index (χ4v) is 5.21. The number of aryl methyl sites for hydroxylation is 2. The molecule has 1 aromatic heterocycles. The van der Waals surface area contributed by atoms with Crippen LogP contribution in [0.2, 0.25) is 0 Å². The van der Waals surface area contributed by atoms with E-state index in [1.807, 2.05) is 32.0 Å². The van der Waals surface area contributed by atoms with Crippen molar-refractivity contribution in [2.45, 2.75) is 51.4 Å². The molecule has 1 saturated carbocycles. The van der Waals surface area contributed by atoms with Gasteiger partial charge in [-0.15, -0.1) is 5.10 Å². The highest BCUT2D eigenvalue weighted by Gasteiger charge is 2.48. The first-order valence-electron chi connectivity index (χ1n) is 10.8. The van der Waals surface area contributed by atoms with E-state index in [1.54, 1.807) is 0 Å². The number of nitrogens with two attached hydrogens (primary N) is 1. The summed E-state index contributed by atoms with van der Waals surface area (Å²) in [6.45, 7) is 3.98. The third-order valence-electron chi connectivity index (χ3n) is 6.90. The minimum atomic E-state index is -0.694. The number of rotatable bonds is 3. The molecule has 5 rings (SSSR count). The highest BCUT2D eigenvalue weighted by Crippen LogP contribution is 2.49. The first kappa shape index (κ1) is 20.2. The molecule has 1 spiro atoms. The fourth-order valence-electron chi connectivity index (χ4n) is 5.21. The molecule has 3 aromatic rings. The topological polar surface area (TPSA) is 123 Å². The number of hydrogen-bond donors (Lipinski definition) is 3. The standard InChI is InChI=1S/C24H25N5O3/c1-13-9-16(29-23(32)27-21(30)20(25)28-29)10-14(2)17(13)11-15-5-6-19-18(12-15)24(22(31)26-19)7-3-4-8-24/h5-6,9-10,12H,3-4,7-8,11H2,1-2H3,(H2,25,28)(H,26,31)(H,27,30,32). The molecule has 1 fully saturated rings. The van der Waals surface area contributed by atoms with Crippen molar-refractivity contribution in [3.8, 4) is 5.69 Å². The maximum atomic E-state index is 12.7. The normalized spacial score (nSPS) is 16.4. The zero-order chi connectivity index (χ0) is 22.6. The highest BCUT2D eigenvalue weighted by atomic mass is 16.2. The van der Waals surface area contributed by atoms with E-state index < -0.39 is 11.2 Å². The van der Waals surface area contributed by atoms with E-state index >= 15 is 0 Å². The number of benzene rings is 2. The van der Waals surface area contributed by atoms with Crippen molar-refractivity contribution in [1.82, 2.24) is 14.8 Å². The second kappa shape index (κ2) is 7.19. The van der Waals surface area contributed by atoms with Crippen LogP contribution in [0.1, 0.15) is 53.5 Å². The number of anilines is 2. The lowest BCUT2D eigenvalue weighted by Crippen LogP contribution is -2.33. The van der Waals surface area contributed by atoms with E-state index in [-0.39, 0.29) is 17.1 Å². The number of carbonyl (C=O) groups excluding carboxylic acids is 1. The van der Waals surface area contributed by atoms with Gasteiger partial charge < -0.3 is 11.1 Å². The van der Waals surface area contributed by atoms with Gasteiger partial charge in [0, 0.05) is 5.69 Å². The highest BCUT2D eigenvalue weighted by molar-refractivity contribution is 6.06. The van der Waals surface area contributed by atoms with Crippen LogP contribution in [0.5, 0.6) is 0 Å². The average Bonchev–Trinajstić information content (AvgIpc) is 3.34. The van der Waals surface area contributed by atoms with Crippen molar-refractivity contribution < 1.29 is 4.79 Å². The molecule has 1 amide bonds. The fraction of sp³-hybridized carbons (Fsp3) is 0.333. The smallest absolute Gasteiger partial charge is 0.349 e. The minimum Gasteiger partial charge on any atom is -0.378 e. The number of aromatic amines is 1. The van der Waals surface area contributed by atoms with Crippen LogP contribution in [-0.2, 0) is 16.6 Å². The summed E-state index contributed by atoms with van der Waals surface area (Å²) in [7, 11) is 0. The number of H-pyrrole nitrogens is 1. The van der Waals surface area contributed by atoms with Crippen LogP contribution < -0.4 is 22.3 Å². The van der Waals surface area contributed by atoms with Crippen LogP contribution in [0.3, 0.4) is 0 Å². The molecule has 0 saturated heterocycles. The first-order valence-corrected chi connectivity index (χ1v) is 10.8. The van der Waals surface area contributed by atoms with E-state index in [4.69, 9.17) is 5.73 Å². The number of amides is 1. The molecule has 2 heterocycles. The average molecular weight is 431 g/mol. The summed E-state index contributed by atoms with van der Waals surface area (Å²) >= 11 is 0. The van der Waals surface area contributed by atoms with Gasteiger partial charge >= 0.3 is 5.69 Å². The molecule has 2 aromatic carbocycles. The van der Waals surface area contributed by atoms with Crippen LogP contribution in [-0.4, -0.2) is 20.7 Å². The van der Waals surface area contributed by atoms with E-state index in [1.165, 1.54) is 0 Å². The van der Waals surface area contributed by atoms with Gasteiger partial charge in [-0.2, -0.15) is 4.68 Å². The predicted molar refractivity (Wildman–Crippen MR) is 122 cm³/mol. The van der Waals surface area contributed by atoms with Crippen molar-refractivity contribution in [2.24, 2.45) is 0 Å². The number of nitrogen functional groups attached to an aromatic ring is 1. The third kappa shape index (κ3) is 3.05. The summed E-state index contributed by atoms with van der Waals surface area (Å²) in [5, 5.41) is 6.99. The summed E-state index contributed by atoms with van der Waals surface area (Å²) in [4.78, 5) is 38.6. The molecule has 8 heteroatoms. The summed E-state index contributed by atoms with van der Waals surface area (Å²) in [5.74, 6) is -0.122. The van der Waals surface area contributed by atoms with Crippen LogP contribution in [0.4, 0.5) is 11.5 Å². The van der Waals surface area contributed by atoms with Crippen molar-refractivity contribution in [1.29, 1.82) is 0 Å². The summed E-state index contributed by atoms with van der Waals surface area (Å²) in [5.41, 5.74) is 10.8. The van der Waals surface area contributed by atoms with Gasteiger partial charge in [-0.1, -0.05) is 25.0 Å². The van der Waals surface area contributed by atoms with Crippen molar-refractivity contribution in [2.75, 3.05) is 11.1 Å². The maximum Gasteiger partial charge on any atom is 0.349 e. The second-order valence-electron chi connectivity index (χ2n) is 8.91. The SMILES string of the molecule is Cc1cc(-n2nc(N)c(=O)[nH]c2=O)cc(C)c1Cc1ccc2c(c1)C1(CCCC1)C(=O)N2. The Labute approximate surface area is 184 Å². The Kier molecular flexibility index (Phi) is 4.54. The molecular formula is C24H25N5O3. The van der Waals surface area contributed by atoms with Gasteiger partial charge in [0.05, 0.1) is 11.1 Å². The molecule has 8 nitrogen and oxygen atoms in total. The lowest BCUT2D eigenvalue weighted by atomic mass is 9.79. The maximum absolute atomic E-state index is 12.7. The van der Waals surface area contributed by atoms with Gasteiger partial charge in [0.25, 0.3) is 5.56 Å². The van der Waals surface area contributed by atoms with Gasteiger partial charge in [-0.05, 0) is 79.1 Å². The Morgan fingerprint density at radius 2 is 1.75 bits per heavy atom. The Bertz CT molecular complexity index is 1360. The minimum absolute atomic E-state index is 0.136. The Hall–Kier alpha value is -3.68. The van der Waals surface area contributed by atoms with Crippen molar-refractivity contribution in [3.05, 3.63) is 79.0 Å². The molecule has 1 aliphatic carbocycles. The zero-order valence-electron chi connectivity index (χ0n) is 18.1. The van der Waals surface area contributed by atoms with E-state index in [9.17, 15) is 14.4 Å². The molecule has 4 N–H and O–H groups in total. The molecule has 0 atom stereocenters. The van der Waals surface area contributed by atoms with Gasteiger partial charge in [0.15, 0.2) is 0 Å². The van der Waals surface area contributed by atoms with E-state index in [0.717, 1.165) is 63.9 Å². The van der Waals surface area contributed by atoms with Gasteiger partial charge in [-0.25, -0.2) is 4.79 Å². The largest absolute Gasteiger partial charge is 0.378 e. The summed E-state index contributed by atoms with van der Waals surface area (Å²) < 4.78 is 1.11. The summed E-state index contributed by atoms with van der Waals surface area (Å²) in [6.07, 6.45) is 4.70. The number of fused-ring (bicyclic) bond motifs is 2. The quantitative estimate of drug-likeness (QED) is 0.588. The Balaban J connectivity index is 1.51. The Morgan fingerprint density at radius 3 is 2.44 bits per heavy atom. The molecule has 0 bridgehead atoms. The van der Waals surface area contributed by atoms with Gasteiger partial charge in [-0.3, -0.25) is 14.6 Å². The molecule has 1 aliphatic heterocycles. The van der Waals surface area contributed by atoms with Gasteiger partial charge in [0.1, 0.15) is 0 Å². The Morgan fingerprint density at radius 1 is 1.06 bits per heavy atom. The van der Waals surface area contributed by atoms with E-state index in [0.29, 0.717) is 12.1 Å². The summed E-state index contributed by atoms with van der Waals surface area (Å²) in [6, 6.07) is 9.99. The number of aromatic nitrogens is 3. The molecular weight excluding hydrogens is 406 g/mol. The molecule has 2 aliphatic rings. The predicted octanol–water partition coefficient (Wildman–Crippen LogP) is 2.47. The lowest BCUT2D eigenvalue weighted by Gasteiger charge is -2.21. The molecule has 0 radical (unpaired) electrons. The van der Waals surface area contributed by atoms with Gasteiger partial charge in [0.2, 0.25) is 11.7 Å². The zero-order valence-corrected chi connectivity index (χ0v) is 18.1. The number of hydrogen-bond acceptors (Lipinski definition) is 5. The molecule has 164 valence electrons. The lowest BCUT2D eigenvalue weighted by molar-refractivity contribution is -0.120. The van der Waals surface area contributed by atoms with Crippen LogP contribution >= 0.6 is 0 Å². The first-order chi connectivity index (χ1) is 15.3. The second-order valence-corrected chi connectivity index (χ2v) is 8.91. The number of nitrogens with zero attached hydrogens (tertiary/aromatic N) is 2. The van der Waals surface area contributed by atoms with E-state index in [2.05, 4.69) is 27.5 Å². The number of carbonyl (C=O) groups is 1. The van der Waals surface area contributed by atoms with Crippen LogP contribution in [0.15, 0.2) is 39.9 Å². The monoisotopic (exact) mass is 431 g/mol.